The smallest absolute Gasteiger partial charge is 0.257 e. The third-order valence-corrected chi connectivity index (χ3v) is 4.12. The molecule has 114 valence electrons. The first kappa shape index (κ1) is 14.7. The Kier molecular flexibility index (Phi) is 3.92. The third kappa shape index (κ3) is 2.61. The van der Waals surface area contributed by atoms with Gasteiger partial charge < -0.3 is 4.90 Å². The molecule has 1 atom stereocenters. The molecule has 1 saturated heterocycles. The van der Waals surface area contributed by atoms with Crippen molar-refractivity contribution in [1.29, 1.82) is 0 Å². The number of hydrogen-bond donors (Lipinski definition) is 0. The zero-order valence-corrected chi connectivity index (χ0v) is 12.4. The van der Waals surface area contributed by atoms with E-state index in [1.807, 2.05) is 31.2 Å². The first-order valence-electron chi connectivity index (χ1n) is 7.39. The Bertz CT molecular complexity index is 714. The lowest BCUT2D eigenvalue weighted by molar-refractivity contribution is 0.0729. The normalized spacial score (nSPS) is 17.8. The molecule has 0 radical (unpaired) electrons. The monoisotopic (exact) mass is 301 g/mol. The molecule has 0 aromatic heterocycles. The number of carbonyl (C=O) groups excluding carboxylic acids is 1. The van der Waals surface area contributed by atoms with Crippen LogP contribution in [-0.4, -0.2) is 17.4 Å². The van der Waals surface area contributed by atoms with Gasteiger partial charge in [-0.15, -0.1) is 0 Å². The predicted molar refractivity (Wildman–Crippen MR) is 80.5 cm³/mol. The van der Waals surface area contributed by atoms with Crippen molar-refractivity contribution < 1.29 is 13.6 Å². The SMILES string of the molecule is Cc1cccc(C2CCCN2C(=O)c2cccc(F)c2F)c1. The molecule has 0 N–H and O–H groups in total. The molecule has 1 unspecified atom stereocenters. The molecule has 3 rings (SSSR count). The summed E-state index contributed by atoms with van der Waals surface area (Å²) in [5.41, 5.74) is 1.97. The molecule has 1 aliphatic rings. The number of carbonyl (C=O) groups is 1. The van der Waals surface area contributed by atoms with Gasteiger partial charge in [0.1, 0.15) is 0 Å². The largest absolute Gasteiger partial charge is 0.332 e. The molecule has 0 bridgehead atoms. The van der Waals surface area contributed by atoms with Crippen molar-refractivity contribution >= 4 is 5.91 Å². The van der Waals surface area contributed by atoms with Crippen molar-refractivity contribution in [3.8, 4) is 0 Å². The van der Waals surface area contributed by atoms with E-state index in [-0.39, 0.29) is 11.6 Å². The molecule has 0 saturated carbocycles. The van der Waals surface area contributed by atoms with Crippen LogP contribution in [0.3, 0.4) is 0 Å². The van der Waals surface area contributed by atoms with Crippen molar-refractivity contribution in [3.63, 3.8) is 0 Å². The minimum Gasteiger partial charge on any atom is -0.332 e. The van der Waals surface area contributed by atoms with Crippen molar-refractivity contribution in [3.05, 3.63) is 70.8 Å². The maximum Gasteiger partial charge on any atom is 0.257 e. The molecule has 1 fully saturated rings. The second kappa shape index (κ2) is 5.87. The van der Waals surface area contributed by atoms with Crippen LogP contribution in [0.15, 0.2) is 42.5 Å². The van der Waals surface area contributed by atoms with E-state index in [0.717, 1.165) is 30.0 Å². The highest BCUT2D eigenvalue weighted by Crippen LogP contribution is 2.33. The van der Waals surface area contributed by atoms with Crippen molar-refractivity contribution in [2.24, 2.45) is 0 Å². The van der Waals surface area contributed by atoms with E-state index in [9.17, 15) is 13.6 Å². The topological polar surface area (TPSA) is 20.3 Å². The lowest BCUT2D eigenvalue weighted by Gasteiger charge is -2.25. The lowest BCUT2D eigenvalue weighted by Crippen LogP contribution is -2.31. The van der Waals surface area contributed by atoms with Gasteiger partial charge in [0.05, 0.1) is 11.6 Å². The van der Waals surface area contributed by atoms with Gasteiger partial charge in [0, 0.05) is 6.54 Å². The van der Waals surface area contributed by atoms with Gasteiger partial charge in [0.15, 0.2) is 11.6 Å². The van der Waals surface area contributed by atoms with Gasteiger partial charge in [0.25, 0.3) is 5.91 Å². The summed E-state index contributed by atoms with van der Waals surface area (Å²) < 4.78 is 27.2. The molecular weight excluding hydrogens is 284 g/mol. The highest BCUT2D eigenvalue weighted by Gasteiger charge is 2.32. The zero-order chi connectivity index (χ0) is 15.7. The molecular formula is C18H17F2NO. The fourth-order valence-corrected chi connectivity index (χ4v) is 3.06. The third-order valence-electron chi connectivity index (χ3n) is 4.12. The Morgan fingerprint density at radius 2 is 1.95 bits per heavy atom. The molecule has 1 aliphatic heterocycles. The van der Waals surface area contributed by atoms with Gasteiger partial charge in [0.2, 0.25) is 0 Å². The molecule has 2 nitrogen and oxygen atoms in total. The first-order valence-corrected chi connectivity index (χ1v) is 7.39. The summed E-state index contributed by atoms with van der Waals surface area (Å²) in [7, 11) is 0. The highest BCUT2D eigenvalue weighted by molar-refractivity contribution is 5.95. The van der Waals surface area contributed by atoms with Crippen molar-refractivity contribution in [2.45, 2.75) is 25.8 Å². The van der Waals surface area contributed by atoms with E-state index in [1.54, 1.807) is 4.90 Å². The summed E-state index contributed by atoms with van der Waals surface area (Å²) >= 11 is 0. The fourth-order valence-electron chi connectivity index (χ4n) is 3.06. The Balaban J connectivity index is 1.93. The molecule has 2 aromatic carbocycles. The Morgan fingerprint density at radius 3 is 2.73 bits per heavy atom. The second-order valence-corrected chi connectivity index (χ2v) is 5.67. The summed E-state index contributed by atoms with van der Waals surface area (Å²) in [6.07, 6.45) is 1.70. The maximum atomic E-state index is 13.9. The standard InChI is InChI=1S/C18H17F2NO/c1-12-5-2-6-13(11-12)16-9-4-10-21(16)18(22)14-7-3-8-15(19)17(14)20/h2-3,5-8,11,16H,4,9-10H2,1H3. The van der Waals surface area contributed by atoms with Crippen LogP contribution in [0, 0.1) is 18.6 Å². The summed E-state index contributed by atoms with van der Waals surface area (Å²) in [4.78, 5) is 14.3. The number of nitrogens with zero attached hydrogens (tertiary/aromatic N) is 1. The molecule has 1 heterocycles. The molecule has 2 aromatic rings. The van der Waals surface area contributed by atoms with Crippen molar-refractivity contribution in [1.82, 2.24) is 4.90 Å². The predicted octanol–water partition coefficient (Wildman–Crippen LogP) is 4.25. The number of aryl methyl sites for hydroxylation is 1. The highest BCUT2D eigenvalue weighted by atomic mass is 19.2. The molecule has 1 amide bonds. The van der Waals surface area contributed by atoms with E-state index in [0.29, 0.717) is 6.54 Å². The van der Waals surface area contributed by atoms with Crippen LogP contribution in [0.4, 0.5) is 8.78 Å². The average Bonchev–Trinajstić information content (AvgIpc) is 2.99. The molecule has 0 aliphatic carbocycles. The maximum absolute atomic E-state index is 13.9. The summed E-state index contributed by atoms with van der Waals surface area (Å²) in [5, 5.41) is 0. The quantitative estimate of drug-likeness (QED) is 0.812. The van der Waals surface area contributed by atoms with Crippen LogP contribution in [0.25, 0.3) is 0 Å². The minimum atomic E-state index is -1.07. The van der Waals surface area contributed by atoms with Crippen LogP contribution in [-0.2, 0) is 0 Å². The molecule has 4 heteroatoms. The number of halogens is 2. The molecule has 0 spiro atoms. The molecule has 22 heavy (non-hydrogen) atoms. The summed E-state index contributed by atoms with van der Waals surface area (Å²) in [6, 6.07) is 11.6. The number of likely N-dealkylation sites (tertiary alicyclic amines) is 1. The minimum absolute atomic E-state index is 0.0740. The van der Waals surface area contributed by atoms with E-state index in [1.165, 1.54) is 12.1 Å². The Hall–Kier alpha value is -2.23. The van der Waals surface area contributed by atoms with Crippen LogP contribution in [0.1, 0.15) is 40.4 Å². The Morgan fingerprint density at radius 1 is 1.18 bits per heavy atom. The van der Waals surface area contributed by atoms with Crippen LogP contribution in [0.5, 0.6) is 0 Å². The van der Waals surface area contributed by atoms with Gasteiger partial charge in [-0.3, -0.25) is 4.79 Å². The average molecular weight is 301 g/mol. The van der Waals surface area contributed by atoms with Gasteiger partial charge in [-0.05, 0) is 37.5 Å². The van der Waals surface area contributed by atoms with Crippen LogP contribution < -0.4 is 0 Å². The number of rotatable bonds is 2. The van der Waals surface area contributed by atoms with Gasteiger partial charge in [-0.1, -0.05) is 35.9 Å². The summed E-state index contributed by atoms with van der Waals surface area (Å²) in [6.45, 7) is 2.56. The fraction of sp³-hybridized carbons (Fsp3) is 0.278. The van der Waals surface area contributed by atoms with E-state index >= 15 is 0 Å². The van der Waals surface area contributed by atoms with E-state index in [2.05, 4.69) is 0 Å². The van der Waals surface area contributed by atoms with Crippen molar-refractivity contribution in [2.75, 3.05) is 6.54 Å². The van der Waals surface area contributed by atoms with Gasteiger partial charge in [-0.25, -0.2) is 8.78 Å². The number of hydrogen-bond acceptors (Lipinski definition) is 1. The summed E-state index contributed by atoms with van der Waals surface area (Å²) in [5.74, 6) is -2.50. The van der Waals surface area contributed by atoms with E-state index in [4.69, 9.17) is 0 Å². The number of benzene rings is 2. The van der Waals surface area contributed by atoms with Crippen LogP contribution in [0.2, 0.25) is 0 Å². The zero-order valence-electron chi connectivity index (χ0n) is 12.4. The Labute approximate surface area is 128 Å². The lowest BCUT2D eigenvalue weighted by atomic mass is 10.0. The number of amides is 1. The second-order valence-electron chi connectivity index (χ2n) is 5.67. The first-order chi connectivity index (χ1) is 10.6. The van der Waals surface area contributed by atoms with Crippen LogP contribution >= 0.6 is 0 Å². The van der Waals surface area contributed by atoms with Gasteiger partial charge in [-0.2, -0.15) is 0 Å². The van der Waals surface area contributed by atoms with Gasteiger partial charge >= 0.3 is 0 Å². The van der Waals surface area contributed by atoms with E-state index < -0.39 is 17.5 Å².